The van der Waals surface area contributed by atoms with Gasteiger partial charge in [0.25, 0.3) is 0 Å². The highest BCUT2D eigenvalue weighted by Crippen LogP contribution is 2.55. The van der Waals surface area contributed by atoms with E-state index in [1.807, 2.05) is 73.8 Å². The molecule has 1 aromatic heterocycles. The number of rotatable bonds is 4. The van der Waals surface area contributed by atoms with Crippen molar-refractivity contribution < 1.29 is 9.84 Å². The highest BCUT2D eigenvalue weighted by Gasteiger charge is 2.60. The van der Waals surface area contributed by atoms with E-state index in [0.29, 0.717) is 17.3 Å². The van der Waals surface area contributed by atoms with Crippen LogP contribution in [0.3, 0.4) is 0 Å². The molecule has 0 spiro atoms. The summed E-state index contributed by atoms with van der Waals surface area (Å²) in [6, 6.07) is 19.5. The van der Waals surface area contributed by atoms with Crippen LogP contribution in [0.2, 0.25) is 0 Å². The standard InChI is InChI=1S/C22H21ClN2O2/c1-16-13-24-25(14-16)15-19-20(23)22(21(2,26)27-19,17-9-5-3-6-10-17)18-11-7-4-8-12-18/h3-14,26H,15H2,1-2H3. The van der Waals surface area contributed by atoms with E-state index in [1.54, 1.807) is 17.8 Å². The van der Waals surface area contributed by atoms with Crippen LogP contribution in [0.5, 0.6) is 0 Å². The van der Waals surface area contributed by atoms with Crippen molar-refractivity contribution in [3.63, 3.8) is 0 Å². The lowest BCUT2D eigenvalue weighted by Gasteiger charge is -2.39. The summed E-state index contributed by atoms with van der Waals surface area (Å²) in [5.74, 6) is -1.04. The molecule has 1 atom stereocenters. The molecule has 1 N–H and O–H groups in total. The van der Waals surface area contributed by atoms with Gasteiger partial charge in [-0.05, 0) is 23.6 Å². The van der Waals surface area contributed by atoms with E-state index in [-0.39, 0.29) is 0 Å². The third kappa shape index (κ3) is 2.76. The average Bonchev–Trinajstić information content (AvgIpc) is 3.15. The molecular weight excluding hydrogens is 360 g/mol. The highest BCUT2D eigenvalue weighted by atomic mass is 35.5. The predicted molar refractivity (Wildman–Crippen MR) is 105 cm³/mol. The summed E-state index contributed by atoms with van der Waals surface area (Å²) in [7, 11) is 0. The van der Waals surface area contributed by atoms with E-state index in [0.717, 1.165) is 16.7 Å². The number of aromatic nitrogens is 2. The number of ether oxygens (including phenoxy) is 1. The number of benzene rings is 2. The van der Waals surface area contributed by atoms with Gasteiger partial charge in [0.2, 0.25) is 5.79 Å². The molecule has 0 saturated carbocycles. The van der Waals surface area contributed by atoms with E-state index in [2.05, 4.69) is 5.10 Å². The van der Waals surface area contributed by atoms with Crippen molar-refractivity contribution in [1.82, 2.24) is 9.78 Å². The van der Waals surface area contributed by atoms with Crippen molar-refractivity contribution >= 4 is 11.6 Å². The molecule has 5 heteroatoms. The predicted octanol–water partition coefficient (Wildman–Crippen LogP) is 4.37. The Bertz CT molecular complexity index is 938. The second-order valence-electron chi connectivity index (χ2n) is 7.02. The number of halogens is 1. The van der Waals surface area contributed by atoms with Crippen LogP contribution in [-0.2, 0) is 16.7 Å². The quantitative estimate of drug-likeness (QED) is 0.731. The fourth-order valence-corrected chi connectivity index (χ4v) is 4.40. The molecule has 2 heterocycles. The van der Waals surface area contributed by atoms with Gasteiger partial charge in [-0.15, -0.1) is 0 Å². The van der Waals surface area contributed by atoms with Crippen molar-refractivity contribution in [1.29, 1.82) is 0 Å². The normalized spacial score (nSPS) is 21.3. The summed E-state index contributed by atoms with van der Waals surface area (Å²) in [5, 5.41) is 16.2. The van der Waals surface area contributed by atoms with Crippen LogP contribution in [-0.4, -0.2) is 20.7 Å². The molecule has 0 radical (unpaired) electrons. The summed E-state index contributed by atoms with van der Waals surface area (Å²) >= 11 is 6.96. The lowest BCUT2D eigenvalue weighted by atomic mass is 9.69. The molecule has 0 fully saturated rings. The molecule has 0 bridgehead atoms. The molecule has 0 saturated heterocycles. The van der Waals surface area contributed by atoms with Gasteiger partial charge in [0, 0.05) is 13.1 Å². The first kappa shape index (κ1) is 17.8. The monoisotopic (exact) mass is 380 g/mol. The zero-order chi connectivity index (χ0) is 19.1. The van der Waals surface area contributed by atoms with Gasteiger partial charge >= 0.3 is 0 Å². The van der Waals surface area contributed by atoms with Crippen molar-refractivity contribution in [2.45, 2.75) is 31.6 Å². The Kier molecular flexibility index (Phi) is 4.33. The Morgan fingerprint density at radius 1 is 1.04 bits per heavy atom. The molecule has 3 aromatic rings. The lowest BCUT2D eigenvalue weighted by Crippen LogP contribution is -2.48. The maximum atomic E-state index is 11.5. The molecule has 27 heavy (non-hydrogen) atoms. The number of aliphatic hydroxyl groups is 1. The van der Waals surface area contributed by atoms with Crippen LogP contribution >= 0.6 is 11.6 Å². The van der Waals surface area contributed by atoms with Gasteiger partial charge in [-0.1, -0.05) is 72.3 Å². The second-order valence-corrected chi connectivity index (χ2v) is 7.40. The summed E-state index contributed by atoms with van der Waals surface area (Å²) in [6.07, 6.45) is 3.70. The Balaban J connectivity index is 1.93. The van der Waals surface area contributed by atoms with Gasteiger partial charge in [-0.2, -0.15) is 5.10 Å². The fourth-order valence-electron chi connectivity index (χ4n) is 3.91. The molecular formula is C22H21ClN2O2. The molecule has 0 aliphatic carbocycles. The zero-order valence-corrected chi connectivity index (χ0v) is 16.0. The van der Waals surface area contributed by atoms with Gasteiger partial charge < -0.3 is 9.84 Å². The smallest absolute Gasteiger partial charge is 0.223 e. The number of nitrogens with zero attached hydrogens (tertiary/aromatic N) is 2. The van der Waals surface area contributed by atoms with E-state index in [9.17, 15) is 5.11 Å². The van der Waals surface area contributed by atoms with Crippen molar-refractivity contribution in [2.75, 3.05) is 0 Å². The van der Waals surface area contributed by atoms with Crippen molar-refractivity contribution in [2.24, 2.45) is 0 Å². The van der Waals surface area contributed by atoms with E-state index in [1.165, 1.54) is 0 Å². The molecule has 1 unspecified atom stereocenters. The van der Waals surface area contributed by atoms with Crippen LogP contribution in [0.1, 0.15) is 23.6 Å². The van der Waals surface area contributed by atoms with Crippen molar-refractivity contribution in [3.05, 3.63) is 101 Å². The minimum Gasteiger partial charge on any atom is -0.462 e. The molecule has 1 aliphatic rings. The molecule has 2 aromatic carbocycles. The van der Waals surface area contributed by atoms with E-state index < -0.39 is 11.2 Å². The highest BCUT2D eigenvalue weighted by molar-refractivity contribution is 6.32. The van der Waals surface area contributed by atoms with Crippen LogP contribution in [0, 0.1) is 6.92 Å². The van der Waals surface area contributed by atoms with Crippen LogP contribution in [0.4, 0.5) is 0 Å². The lowest BCUT2D eigenvalue weighted by molar-refractivity contribution is -0.176. The summed E-state index contributed by atoms with van der Waals surface area (Å²) in [4.78, 5) is 0. The second kappa shape index (κ2) is 6.55. The number of aryl methyl sites for hydroxylation is 1. The first-order chi connectivity index (χ1) is 12.9. The minimum atomic E-state index is -1.55. The van der Waals surface area contributed by atoms with E-state index >= 15 is 0 Å². The average molecular weight is 381 g/mol. The molecule has 4 nitrogen and oxygen atoms in total. The van der Waals surface area contributed by atoms with Gasteiger partial charge in [-0.25, -0.2) is 0 Å². The van der Waals surface area contributed by atoms with Crippen molar-refractivity contribution in [3.8, 4) is 0 Å². The topological polar surface area (TPSA) is 47.3 Å². The first-order valence-electron chi connectivity index (χ1n) is 8.86. The SMILES string of the molecule is Cc1cnn(CC2=C(Cl)C(c3ccccc3)(c3ccccc3)C(C)(O)O2)c1. The molecule has 4 rings (SSSR count). The van der Waals surface area contributed by atoms with Gasteiger partial charge in [-0.3, -0.25) is 4.68 Å². The van der Waals surface area contributed by atoms with Gasteiger partial charge in [0.15, 0.2) is 0 Å². The summed E-state index contributed by atoms with van der Waals surface area (Å²) < 4.78 is 7.80. The first-order valence-corrected chi connectivity index (χ1v) is 9.23. The Morgan fingerprint density at radius 3 is 2.07 bits per heavy atom. The molecule has 138 valence electrons. The largest absolute Gasteiger partial charge is 0.462 e. The van der Waals surface area contributed by atoms with Crippen LogP contribution in [0.15, 0.2) is 83.8 Å². The van der Waals surface area contributed by atoms with Gasteiger partial charge in [0.05, 0.1) is 17.8 Å². The number of hydrogen-bond acceptors (Lipinski definition) is 3. The third-order valence-electron chi connectivity index (χ3n) is 5.07. The Hall–Kier alpha value is -2.56. The molecule has 0 amide bonds. The Labute approximate surface area is 163 Å². The maximum absolute atomic E-state index is 11.5. The van der Waals surface area contributed by atoms with E-state index in [4.69, 9.17) is 16.3 Å². The van der Waals surface area contributed by atoms with Gasteiger partial charge in [0.1, 0.15) is 11.2 Å². The summed E-state index contributed by atoms with van der Waals surface area (Å²) in [5.41, 5.74) is 1.78. The number of allylic oxidation sites excluding steroid dienone is 1. The fraction of sp³-hybridized carbons (Fsp3) is 0.227. The number of hydrogen-bond donors (Lipinski definition) is 1. The van der Waals surface area contributed by atoms with Crippen LogP contribution < -0.4 is 0 Å². The van der Waals surface area contributed by atoms with Crippen LogP contribution in [0.25, 0.3) is 0 Å². The maximum Gasteiger partial charge on any atom is 0.223 e. The zero-order valence-electron chi connectivity index (χ0n) is 15.3. The summed E-state index contributed by atoms with van der Waals surface area (Å²) in [6.45, 7) is 3.99. The third-order valence-corrected chi connectivity index (χ3v) is 5.57. The molecule has 1 aliphatic heterocycles. The Morgan fingerprint density at radius 2 is 1.59 bits per heavy atom. The minimum absolute atomic E-state index is 0.351.